The lowest BCUT2D eigenvalue weighted by atomic mass is 9.93. The maximum Gasteiger partial charge on any atom is 0.323 e. The summed E-state index contributed by atoms with van der Waals surface area (Å²) in [7, 11) is 0. The number of hydrogen-bond donors (Lipinski definition) is 1. The zero-order chi connectivity index (χ0) is 18.4. The molecule has 1 N–H and O–H groups in total. The molecule has 2 aromatic rings. The van der Waals surface area contributed by atoms with Crippen molar-refractivity contribution in [3.05, 3.63) is 59.0 Å². The van der Waals surface area contributed by atoms with E-state index in [1.807, 2.05) is 6.07 Å². The van der Waals surface area contributed by atoms with E-state index in [4.69, 9.17) is 9.52 Å². The van der Waals surface area contributed by atoms with E-state index in [2.05, 4.69) is 6.92 Å². The average molecular weight is 351 g/mol. The highest BCUT2D eigenvalue weighted by Gasteiger charge is 2.38. The Kier molecular flexibility index (Phi) is 3.76. The minimum absolute atomic E-state index is 0.256. The average Bonchev–Trinajstić information content (AvgIpc) is 3.16. The fourth-order valence-electron chi connectivity index (χ4n) is 3.33. The molecule has 4 rings (SSSR count). The topological polar surface area (TPSA) is 87.8 Å². The molecule has 2 atom stereocenters. The maximum atomic E-state index is 12.8. The van der Waals surface area contributed by atoms with Crippen molar-refractivity contribution in [2.75, 3.05) is 6.54 Å². The summed E-state index contributed by atoms with van der Waals surface area (Å²) >= 11 is 0. The zero-order valence-corrected chi connectivity index (χ0v) is 14.1. The Morgan fingerprint density at radius 3 is 2.54 bits per heavy atom. The number of benzene rings is 1. The summed E-state index contributed by atoms with van der Waals surface area (Å²) in [6.45, 7) is 1.48. The van der Waals surface area contributed by atoms with Gasteiger partial charge < -0.3 is 9.52 Å². The van der Waals surface area contributed by atoms with Crippen molar-refractivity contribution in [3.63, 3.8) is 0 Å². The van der Waals surface area contributed by atoms with Gasteiger partial charge >= 0.3 is 5.97 Å². The molecule has 6 nitrogen and oxygen atoms in total. The Bertz CT molecular complexity index is 955. The minimum Gasteiger partial charge on any atom is -0.480 e. The molecule has 1 saturated carbocycles. The monoisotopic (exact) mass is 351 g/mol. The Balaban J connectivity index is 1.76. The van der Waals surface area contributed by atoms with Crippen LogP contribution >= 0.6 is 0 Å². The van der Waals surface area contributed by atoms with E-state index < -0.39 is 24.3 Å². The smallest absolute Gasteiger partial charge is 0.323 e. The highest BCUT2D eigenvalue weighted by atomic mass is 16.4. The van der Waals surface area contributed by atoms with Gasteiger partial charge in [0.05, 0.1) is 5.57 Å². The van der Waals surface area contributed by atoms with Gasteiger partial charge in [-0.25, -0.2) is 0 Å². The van der Waals surface area contributed by atoms with E-state index >= 15 is 0 Å². The largest absolute Gasteiger partial charge is 0.480 e. The van der Waals surface area contributed by atoms with Crippen molar-refractivity contribution in [1.29, 1.82) is 0 Å². The summed E-state index contributed by atoms with van der Waals surface area (Å²) in [5.41, 5.74) is 1.05. The third kappa shape index (κ3) is 2.73. The molecule has 0 saturated heterocycles. The number of carbonyl (C=O) groups excluding carboxylic acids is 2. The molecule has 132 valence electrons. The Labute approximate surface area is 149 Å². The molecule has 1 aliphatic heterocycles. The van der Waals surface area contributed by atoms with E-state index in [0.717, 1.165) is 17.1 Å². The molecular weight excluding hydrogens is 334 g/mol. The number of carboxylic acids is 1. The second kappa shape index (κ2) is 5.98. The van der Waals surface area contributed by atoms with Crippen LogP contribution in [0.15, 0.2) is 40.8 Å². The van der Waals surface area contributed by atoms with Crippen LogP contribution in [0.2, 0.25) is 0 Å². The van der Waals surface area contributed by atoms with Gasteiger partial charge in [0, 0.05) is 17.0 Å². The summed E-state index contributed by atoms with van der Waals surface area (Å²) in [5.74, 6) is -0.0513. The van der Waals surface area contributed by atoms with Crippen LogP contribution < -0.4 is 0 Å². The van der Waals surface area contributed by atoms with E-state index in [1.165, 1.54) is 0 Å². The van der Waals surface area contributed by atoms with Crippen LogP contribution in [-0.2, 0) is 9.59 Å². The number of amides is 2. The van der Waals surface area contributed by atoms with Crippen LogP contribution in [0.5, 0.6) is 0 Å². The molecule has 0 radical (unpaired) electrons. The normalized spacial score (nSPS) is 23.3. The Hall–Kier alpha value is -3.15. The lowest BCUT2D eigenvalue weighted by Crippen LogP contribution is -2.44. The van der Waals surface area contributed by atoms with Crippen LogP contribution in [0.1, 0.15) is 46.7 Å². The first-order valence-electron chi connectivity index (χ1n) is 8.44. The van der Waals surface area contributed by atoms with E-state index in [1.54, 1.807) is 36.4 Å². The number of rotatable bonds is 4. The Morgan fingerprint density at radius 2 is 1.88 bits per heavy atom. The second-order valence-corrected chi connectivity index (χ2v) is 6.75. The SMILES string of the molecule is C[C@H]1C[C@@H]1c1ccc(/C=C2\C(=O)N(CC(=O)O)C(=O)c3ccccc32)o1. The van der Waals surface area contributed by atoms with Crippen molar-refractivity contribution >= 4 is 29.4 Å². The summed E-state index contributed by atoms with van der Waals surface area (Å²) < 4.78 is 5.84. The highest BCUT2D eigenvalue weighted by Crippen LogP contribution is 2.47. The molecule has 2 heterocycles. The number of aliphatic carboxylic acids is 1. The maximum absolute atomic E-state index is 12.8. The number of fused-ring (bicyclic) bond motifs is 1. The Morgan fingerprint density at radius 1 is 1.19 bits per heavy atom. The third-order valence-corrected chi connectivity index (χ3v) is 4.87. The standard InChI is InChI=1S/C20H17NO5/c1-11-8-15(11)17-7-6-12(26-17)9-16-13-4-2-3-5-14(13)19(24)21(20(16)25)10-18(22)23/h2-7,9,11,15H,8,10H2,1H3,(H,22,23)/b16-9-/t11-,15-/m0/s1. The zero-order valence-electron chi connectivity index (χ0n) is 14.1. The number of furan rings is 1. The summed E-state index contributed by atoms with van der Waals surface area (Å²) in [4.78, 5) is 37.1. The van der Waals surface area contributed by atoms with E-state index in [9.17, 15) is 14.4 Å². The van der Waals surface area contributed by atoms with Crippen LogP contribution in [0.4, 0.5) is 0 Å². The molecule has 1 aromatic carbocycles. The predicted molar refractivity (Wildman–Crippen MR) is 93.2 cm³/mol. The molecule has 1 aliphatic carbocycles. The molecule has 0 unspecified atom stereocenters. The molecule has 26 heavy (non-hydrogen) atoms. The lowest BCUT2D eigenvalue weighted by Gasteiger charge is -2.27. The van der Waals surface area contributed by atoms with Crippen molar-refractivity contribution < 1.29 is 23.9 Å². The van der Waals surface area contributed by atoms with Crippen LogP contribution in [0, 0.1) is 5.92 Å². The van der Waals surface area contributed by atoms with Crippen molar-refractivity contribution in [1.82, 2.24) is 4.90 Å². The number of carbonyl (C=O) groups is 3. The van der Waals surface area contributed by atoms with E-state index in [-0.39, 0.29) is 5.57 Å². The predicted octanol–water partition coefficient (Wildman–Crippen LogP) is 3.01. The number of hydrogen-bond acceptors (Lipinski definition) is 4. The van der Waals surface area contributed by atoms with Gasteiger partial charge in [0.15, 0.2) is 0 Å². The minimum atomic E-state index is -1.24. The van der Waals surface area contributed by atoms with Crippen molar-refractivity contribution in [2.24, 2.45) is 5.92 Å². The highest BCUT2D eigenvalue weighted by molar-refractivity contribution is 6.34. The summed E-state index contributed by atoms with van der Waals surface area (Å²) in [6, 6.07) is 10.4. The molecular formula is C20H17NO5. The summed E-state index contributed by atoms with van der Waals surface area (Å²) in [5, 5.41) is 9.04. The fourth-order valence-corrected chi connectivity index (χ4v) is 3.33. The van der Waals surface area contributed by atoms with Gasteiger partial charge in [-0.3, -0.25) is 19.3 Å². The lowest BCUT2D eigenvalue weighted by molar-refractivity contribution is -0.141. The number of nitrogens with zero attached hydrogens (tertiary/aromatic N) is 1. The van der Waals surface area contributed by atoms with E-state index in [0.29, 0.717) is 28.7 Å². The fraction of sp³-hybridized carbons (Fsp3) is 0.250. The molecule has 1 aromatic heterocycles. The molecule has 6 heteroatoms. The van der Waals surface area contributed by atoms with Gasteiger partial charge in [0.1, 0.15) is 18.1 Å². The molecule has 1 fully saturated rings. The van der Waals surface area contributed by atoms with Crippen molar-refractivity contribution in [3.8, 4) is 0 Å². The molecule has 0 spiro atoms. The van der Waals surface area contributed by atoms with Crippen molar-refractivity contribution in [2.45, 2.75) is 19.3 Å². The van der Waals surface area contributed by atoms with Gasteiger partial charge in [-0.15, -0.1) is 0 Å². The number of imide groups is 1. The van der Waals surface area contributed by atoms with Gasteiger partial charge in [-0.05, 0) is 36.6 Å². The van der Waals surface area contributed by atoms with Gasteiger partial charge in [0.25, 0.3) is 11.8 Å². The number of carboxylic acid groups (broad SMARTS) is 1. The quantitative estimate of drug-likeness (QED) is 0.676. The van der Waals surface area contributed by atoms with Gasteiger partial charge in [-0.2, -0.15) is 0 Å². The van der Waals surface area contributed by atoms with Crippen LogP contribution in [0.25, 0.3) is 11.6 Å². The second-order valence-electron chi connectivity index (χ2n) is 6.75. The first-order valence-corrected chi connectivity index (χ1v) is 8.44. The van der Waals surface area contributed by atoms with Gasteiger partial charge in [-0.1, -0.05) is 25.1 Å². The summed E-state index contributed by atoms with van der Waals surface area (Å²) in [6.07, 6.45) is 2.67. The molecule has 2 amide bonds. The molecule has 2 aliphatic rings. The molecule has 0 bridgehead atoms. The van der Waals surface area contributed by atoms with Crippen LogP contribution in [-0.4, -0.2) is 34.3 Å². The first-order chi connectivity index (χ1) is 12.5. The first kappa shape index (κ1) is 16.3. The third-order valence-electron chi connectivity index (χ3n) is 4.87. The van der Waals surface area contributed by atoms with Crippen LogP contribution in [0.3, 0.4) is 0 Å². The van der Waals surface area contributed by atoms with Gasteiger partial charge in [0.2, 0.25) is 0 Å².